The minimum atomic E-state index is -4.43. The summed E-state index contributed by atoms with van der Waals surface area (Å²) in [6, 6.07) is -0.357. The Labute approximate surface area is 121 Å². The standard InChI is InChI=1S/C12H11F3N4OS/c13-12(14,15)5-19(6-1-2-6)11(20)9-7(16)8-10(21-9)18-4-3-17-8/h3-4,6H,1-2,5,16H2. The van der Waals surface area contributed by atoms with Crippen LogP contribution in [0.1, 0.15) is 22.5 Å². The Morgan fingerprint density at radius 2 is 2.05 bits per heavy atom. The molecule has 2 heterocycles. The van der Waals surface area contributed by atoms with Crippen LogP contribution >= 0.6 is 11.3 Å². The van der Waals surface area contributed by atoms with Crippen LogP contribution in [0, 0.1) is 0 Å². The SMILES string of the molecule is Nc1c(C(=O)N(CC(F)(F)F)C2CC2)sc2nccnc12. The molecule has 0 spiro atoms. The Bertz CT molecular complexity index is 695. The molecule has 0 atom stereocenters. The summed E-state index contributed by atoms with van der Waals surface area (Å²) < 4.78 is 37.9. The second kappa shape index (κ2) is 4.83. The average molecular weight is 316 g/mol. The minimum Gasteiger partial charge on any atom is -0.396 e. The Hall–Kier alpha value is -1.90. The number of anilines is 1. The molecule has 2 aromatic rings. The minimum absolute atomic E-state index is 0.0762. The number of halogens is 3. The molecule has 1 aliphatic carbocycles. The molecular formula is C12H11F3N4OS. The molecule has 0 unspecified atom stereocenters. The van der Waals surface area contributed by atoms with Gasteiger partial charge in [0, 0.05) is 18.4 Å². The maximum absolute atomic E-state index is 12.6. The first-order chi connectivity index (χ1) is 9.87. The zero-order valence-electron chi connectivity index (χ0n) is 10.7. The maximum Gasteiger partial charge on any atom is 0.406 e. The van der Waals surface area contributed by atoms with Crippen LogP contribution in [-0.4, -0.2) is 39.5 Å². The third-order valence-electron chi connectivity index (χ3n) is 3.16. The Morgan fingerprint density at radius 1 is 1.38 bits per heavy atom. The fourth-order valence-electron chi connectivity index (χ4n) is 2.08. The summed E-state index contributed by atoms with van der Waals surface area (Å²) in [6.45, 7) is -1.26. The molecular weight excluding hydrogens is 305 g/mol. The van der Waals surface area contributed by atoms with Gasteiger partial charge in [-0.1, -0.05) is 0 Å². The zero-order chi connectivity index (χ0) is 15.2. The summed E-state index contributed by atoms with van der Waals surface area (Å²) >= 11 is 0.974. The number of hydrogen-bond donors (Lipinski definition) is 1. The van der Waals surface area contributed by atoms with Gasteiger partial charge in [0.1, 0.15) is 21.8 Å². The summed E-state index contributed by atoms with van der Waals surface area (Å²) in [6.07, 6.45) is -0.388. The van der Waals surface area contributed by atoms with Gasteiger partial charge in [0.15, 0.2) is 0 Å². The largest absolute Gasteiger partial charge is 0.406 e. The molecule has 3 rings (SSSR count). The van der Waals surface area contributed by atoms with E-state index in [0.29, 0.717) is 23.2 Å². The van der Waals surface area contributed by atoms with Gasteiger partial charge in [0.25, 0.3) is 5.91 Å². The molecule has 5 nitrogen and oxygen atoms in total. The molecule has 1 amide bonds. The first-order valence-electron chi connectivity index (χ1n) is 6.23. The fraction of sp³-hybridized carbons (Fsp3) is 0.417. The maximum atomic E-state index is 12.6. The number of fused-ring (bicyclic) bond motifs is 1. The first kappa shape index (κ1) is 14.1. The molecule has 0 bridgehead atoms. The molecule has 0 aromatic carbocycles. The van der Waals surface area contributed by atoms with Crippen molar-refractivity contribution in [1.29, 1.82) is 0 Å². The summed E-state index contributed by atoms with van der Waals surface area (Å²) in [4.78, 5) is 21.8. The molecule has 112 valence electrons. The molecule has 0 aliphatic heterocycles. The Kier molecular flexibility index (Phi) is 3.23. The molecule has 2 N–H and O–H groups in total. The molecule has 0 saturated heterocycles. The van der Waals surface area contributed by atoms with Crippen molar-refractivity contribution in [3.05, 3.63) is 17.3 Å². The molecule has 1 fully saturated rings. The number of amides is 1. The van der Waals surface area contributed by atoms with Gasteiger partial charge in [0.05, 0.1) is 5.69 Å². The lowest BCUT2D eigenvalue weighted by Gasteiger charge is -2.23. The normalized spacial score (nSPS) is 15.4. The van der Waals surface area contributed by atoms with E-state index in [2.05, 4.69) is 9.97 Å². The number of carbonyl (C=O) groups is 1. The number of carbonyl (C=O) groups excluding carboxylic acids is 1. The van der Waals surface area contributed by atoms with Crippen LogP contribution in [0.2, 0.25) is 0 Å². The third kappa shape index (κ3) is 2.78. The van der Waals surface area contributed by atoms with E-state index in [9.17, 15) is 18.0 Å². The zero-order valence-corrected chi connectivity index (χ0v) is 11.5. The first-order valence-corrected chi connectivity index (χ1v) is 7.05. The van der Waals surface area contributed by atoms with E-state index >= 15 is 0 Å². The van der Waals surface area contributed by atoms with E-state index in [4.69, 9.17) is 5.73 Å². The Morgan fingerprint density at radius 3 is 2.62 bits per heavy atom. The lowest BCUT2D eigenvalue weighted by molar-refractivity contribution is -0.141. The number of alkyl halides is 3. The van der Waals surface area contributed by atoms with E-state index in [0.717, 1.165) is 16.2 Å². The van der Waals surface area contributed by atoms with Crippen LogP contribution in [0.15, 0.2) is 12.4 Å². The summed E-state index contributed by atoms with van der Waals surface area (Å²) in [5.74, 6) is -0.697. The second-order valence-electron chi connectivity index (χ2n) is 4.83. The van der Waals surface area contributed by atoms with Crippen LogP contribution in [0.3, 0.4) is 0 Å². The van der Waals surface area contributed by atoms with E-state index in [1.54, 1.807) is 0 Å². The van der Waals surface area contributed by atoms with Crippen molar-refractivity contribution in [2.45, 2.75) is 25.1 Å². The van der Waals surface area contributed by atoms with Crippen molar-refractivity contribution >= 4 is 33.3 Å². The predicted octanol–water partition coefficient (Wildman–Crippen LogP) is 2.44. The number of nitrogens with two attached hydrogens (primary N) is 1. The van der Waals surface area contributed by atoms with Gasteiger partial charge in [-0.15, -0.1) is 11.3 Å². The average Bonchev–Trinajstić information content (AvgIpc) is 3.20. The third-order valence-corrected chi connectivity index (χ3v) is 4.25. The summed E-state index contributed by atoms with van der Waals surface area (Å²) in [5.41, 5.74) is 6.29. The highest BCUT2D eigenvalue weighted by molar-refractivity contribution is 7.21. The van der Waals surface area contributed by atoms with Gasteiger partial charge in [-0.3, -0.25) is 4.79 Å². The smallest absolute Gasteiger partial charge is 0.396 e. The molecule has 21 heavy (non-hydrogen) atoms. The van der Waals surface area contributed by atoms with Gasteiger partial charge in [-0.2, -0.15) is 13.2 Å². The number of nitrogens with zero attached hydrogens (tertiary/aromatic N) is 3. The van der Waals surface area contributed by atoms with Crippen molar-refractivity contribution < 1.29 is 18.0 Å². The van der Waals surface area contributed by atoms with E-state index < -0.39 is 18.6 Å². The predicted molar refractivity (Wildman–Crippen MR) is 71.9 cm³/mol. The topological polar surface area (TPSA) is 72.1 Å². The monoisotopic (exact) mass is 316 g/mol. The molecule has 0 radical (unpaired) electrons. The Balaban J connectivity index is 1.96. The fourth-order valence-corrected chi connectivity index (χ4v) is 3.06. The molecule has 9 heteroatoms. The quantitative estimate of drug-likeness (QED) is 0.944. The number of hydrogen-bond acceptors (Lipinski definition) is 5. The van der Waals surface area contributed by atoms with Crippen LogP contribution < -0.4 is 5.73 Å². The lowest BCUT2D eigenvalue weighted by atomic mass is 10.3. The van der Waals surface area contributed by atoms with E-state index in [1.165, 1.54) is 12.4 Å². The highest BCUT2D eigenvalue weighted by Crippen LogP contribution is 2.36. The number of rotatable bonds is 3. The van der Waals surface area contributed by atoms with E-state index in [1.807, 2.05) is 0 Å². The van der Waals surface area contributed by atoms with Crippen LogP contribution in [0.25, 0.3) is 10.3 Å². The van der Waals surface area contributed by atoms with Crippen molar-refractivity contribution in [3.8, 4) is 0 Å². The van der Waals surface area contributed by atoms with Crippen LogP contribution in [0.4, 0.5) is 18.9 Å². The highest BCUT2D eigenvalue weighted by atomic mass is 32.1. The van der Waals surface area contributed by atoms with E-state index in [-0.39, 0.29) is 16.6 Å². The van der Waals surface area contributed by atoms with Gasteiger partial charge in [-0.25, -0.2) is 9.97 Å². The molecule has 1 aliphatic rings. The van der Waals surface area contributed by atoms with Crippen molar-refractivity contribution in [2.24, 2.45) is 0 Å². The van der Waals surface area contributed by atoms with Gasteiger partial charge >= 0.3 is 6.18 Å². The summed E-state index contributed by atoms with van der Waals surface area (Å²) in [5, 5.41) is 0. The van der Waals surface area contributed by atoms with Crippen LogP contribution in [-0.2, 0) is 0 Å². The highest BCUT2D eigenvalue weighted by Gasteiger charge is 2.41. The summed E-state index contributed by atoms with van der Waals surface area (Å²) in [7, 11) is 0. The second-order valence-corrected chi connectivity index (χ2v) is 5.83. The molecule has 2 aromatic heterocycles. The van der Waals surface area contributed by atoms with Crippen molar-refractivity contribution in [3.63, 3.8) is 0 Å². The number of nitrogen functional groups attached to an aromatic ring is 1. The molecule has 1 saturated carbocycles. The van der Waals surface area contributed by atoms with Crippen molar-refractivity contribution in [1.82, 2.24) is 14.9 Å². The van der Waals surface area contributed by atoms with Crippen molar-refractivity contribution in [2.75, 3.05) is 12.3 Å². The van der Waals surface area contributed by atoms with Gasteiger partial charge in [-0.05, 0) is 12.8 Å². The lowest BCUT2D eigenvalue weighted by Crippen LogP contribution is -2.40. The van der Waals surface area contributed by atoms with Gasteiger partial charge in [0.2, 0.25) is 0 Å². The number of thiophene rings is 1. The number of aromatic nitrogens is 2. The van der Waals surface area contributed by atoms with Crippen LogP contribution in [0.5, 0.6) is 0 Å². The van der Waals surface area contributed by atoms with Gasteiger partial charge < -0.3 is 10.6 Å².